The Balaban J connectivity index is 1.54. The molecule has 7 heteroatoms. The van der Waals surface area contributed by atoms with Crippen molar-refractivity contribution in [1.82, 2.24) is 24.6 Å². The van der Waals surface area contributed by atoms with Gasteiger partial charge in [-0.1, -0.05) is 0 Å². The summed E-state index contributed by atoms with van der Waals surface area (Å²) in [5, 5.41) is 4.28. The van der Waals surface area contributed by atoms with Crippen LogP contribution in [0.15, 0.2) is 11.7 Å². The van der Waals surface area contributed by atoms with E-state index in [1.807, 2.05) is 30.6 Å². The zero-order valence-corrected chi connectivity index (χ0v) is 15.6. The van der Waals surface area contributed by atoms with E-state index in [0.29, 0.717) is 5.92 Å². The van der Waals surface area contributed by atoms with Crippen molar-refractivity contribution in [2.75, 3.05) is 26.7 Å². The second-order valence-electron chi connectivity index (χ2n) is 6.77. The molecule has 0 N–H and O–H groups in total. The Morgan fingerprint density at radius 3 is 2.83 bits per heavy atom. The molecule has 6 nitrogen and oxygen atoms in total. The summed E-state index contributed by atoms with van der Waals surface area (Å²) < 4.78 is 1.71. The van der Waals surface area contributed by atoms with Crippen LogP contribution in [0.3, 0.4) is 0 Å². The minimum Gasteiger partial charge on any atom is -0.338 e. The number of nitrogens with zero attached hydrogens (tertiary/aromatic N) is 5. The molecule has 0 bridgehead atoms. The summed E-state index contributed by atoms with van der Waals surface area (Å²) in [4.78, 5) is 22.6. The van der Waals surface area contributed by atoms with Crippen molar-refractivity contribution in [2.45, 2.75) is 26.8 Å². The van der Waals surface area contributed by atoms with E-state index in [1.165, 1.54) is 4.88 Å². The summed E-state index contributed by atoms with van der Waals surface area (Å²) >= 11 is 1.72. The average Bonchev–Trinajstić information content (AvgIpc) is 3.21. The largest absolute Gasteiger partial charge is 0.338 e. The summed E-state index contributed by atoms with van der Waals surface area (Å²) in [6.45, 7) is 7.57. The van der Waals surface area contributed by atoms with Gasteiger partial charge in [-0.05, 0) is 33.2 Å². The normalized spacial score (nSPS) is 17.9. The molecule has 1 fully saturated rings. The van der Waals surface area contributed by atoms with Gasteiger partial charge in [-0.2, -0.15) is 5.10 Å². The highest BCUT2D eigenvalue weighted by atomic mass is 32.1. The van der Waals surface area contributed by atoms with Crippen LogP contribution in [0.4, 0.5) is 0 Å². The SMILES string of the molecule is Cc1nn(C)cc1C(=O)N1CCC(CN(C)Cc2scnc2C)C1. The van der Waals surface area contributed by atoms with Gasteiger partial charge >= 0.3 is 0 Å². The number of hydrogen-bond donors (Lipinski definition) is 0. The molecule has 130 valence electrons. The van der Waals surface area contributed by atoms with Crippen LogP contribution < -0.4 is 0 Å². The fourth-order valence-corrected chi connectivity index (χ4v) is 4.23. The molecule has 1 aliphatic rings. The summed E-state index contributed by atoms with van der Waals surface area (Å²) in [5.74, 6) is 0.646. The van der Waals surface area contributed by atoms with E-state index in [1.54, 1.807) is 16.0 Å². The minimum atomic E-state index is 0.115. The van der Waals surface area contributed by atoms with Crippen molar-refractivity contribution in [2.24, 2.45) is 13.0 Å². The Hall–Kier alpha value is -1.73. The third-order valence-electron chi connectivity index (χ3n) is 4.65. The zero-order valence-electron chi connectivity index (χ0n) is 14.8. The van der Waals surface area contributed by atoms with E-state index in [-0.39, 0.29) is 5.91 Å². The molecular weight excluding hydrogens is 322 g/mol. The molecule has 3 heterocycles. The van der Waals surface area contributed by atoms with Crippen LogP contribution in [-0.4, -0.2) is 57.2 Å². The molecule has 2 aromatic heterocycles. The van der Waals surface area contributed by atoms with Crippen LogP contribution in [0.25, 0.3) is 0 Å². The highest BCUT2D eigenvalue weighted by molar-refractivity contribution is 7.09. The highest BCUT2D eigenvalue weighted by Gasteiger charge is 2.29. The quantitative estimate of drug-likeness (QED) is 0.831. The Bertz CT molecular complexity index is 722. The first-order chi connectivity index (χ1) is 11.4. The second-order valence-corrected chi connectivity index (χ2v) is 7.70. The smallest absolute Gasteiger partial charge is 0.257 e. The fourth-order valence-electron chi connectivity index (χ4n) is 3.37. The van der Waals surface area contributed by atoms with Crippen LogP contribution in [-0.2, 0) is 13.6 Å². The lowest BCUT2D eigenvalue weighted by Gasteiger charge is -2.21. The molecule has 1 atom stereocenters. The Morgan fingerprint density at radius 2 is 2.21 bits per heavy atom. The number of carbonyl (C=O) groups is 1. The van der Waals surface area contributed by atoms with E-state index < -0.39 is 0 Å². The lowest BCUT2D eigenvalue weighted by Crippen LogP contribution is -2.31. The van der Waals surface area contributed by atoms with Gasteiger partial charge in [0.1, 0.15) is 0 Å². The summed E-state index contributed by atoms with van der Waals surface area (Å²) in [6.07, 6.45) is 2.89. The lowest BCUT2D eigenvalue weighted by molar-refractivity contribution is 0.0783. The van der Waals surface area contributed by atoms with Crippen LogP contribution in [0, 0.1) is 19.8 Å². The third kappa shape index (κ3) is 3.67. The van der Waals surface area contributed by atoms with Crippen molar-refractivity contribution >= 4 is 17.2 Å². The Morgan fingerprint density at radius 1 is 1.42 bits per heavy atom. The number of thiazole rings is 1. The number of rotatable bonds is 5. The molecule has 1 unspecified atom stereocenters. The summed E-state index contributed by atoms with van der Waals surface area (Å²) in [7, 11) is 4.00. The zero-order chi connectivity index (χ0) is 17.3. The van der Waals surface area contributed by atoms with Crippen LogP contribution >= 0.6 is 11.3 Å². The van der Waals surface area contributed by atoms with Gasteiger partial charge in [0, 0.05) is 44.3 Å². The van der Waals surface area contributed by atoms with Crippen LogP contribution in [0.2, 0.25) is 0 Å². The topological polar surface area (TPSA) is 54.3 Å². The van der Waals surface area contributed by atoms with E-state index >= 15 is 0 Å². The number of aryl methyl sites for hydroxylation is 3. The maximum atomic E-state index is 12.7. The number of carbonyl (C=O) groups excluding carboxylic acids is 1. The Kier molecular flexibility index (Phi) is 5.01. The number of aromatic nitrogens is 3. The molecule has 2 aromatic rings. The lowest BCUT2D eigenvalue weighted by atomic mass is 10.1. The Labute approximate surface area is 147 Å². The third-order valence-corrected chi connectivity index (χ3v) is 5.57. The second kappa shape index (κ2) is 7.03. The predicted octanol–water partition coefficient (Wildman–Crippen LogP) is 2.09. The first kappa shape index (κ1) is 17.1. The van der Waals surface area contributed by atoms with Crippen molar-refractivity contribution in [3.8, 4) is 0 Å². The van der Waals surface area contributed by atoms with E-state index in [0.717, 1.165) is 49.6 Å². The molecule has 1 amide bonds. The minimum absolute atomic E-state index is 0.115. The van der Waals surface area contributed by atoms with Gasteiger partial charge in [-0.25, -0.2) is 4.98 Å². The van der Waals surface area contributed by atoms with Gasteiger partial charge in [0.2, 0.25) is 0 Å². The standard InChI is InChI=1S/C17H25N5OS/c1-12-15(9-21(4)19-12)17(23)22-6-5-14(8-22)7-20(3)10-16-13(2)18-11-24-16/h9,11,14H,5-8,10H2,1-4H3. The molecule has 0 aliphatic carbocycles. The molecular formula is C17H25N5OS. The van der Waals surface area contributed by atoms with Gasteiger partial charge in [-0.3, -0.25) is 9.48 Å². The first-order valence-corrected chi connectivity index (χ1v) is 9.19. The average molecular weight is 347 g/mol. The van der Waals surface area contributed by atoms with Crippen molar-refractivity contribution in [3.05, 3.63) is 33.5 Å². The highest BCUT2D eigenvalue weighted by Crippen LogP contribution is 2.22. The van der Waals surface area contributed by atoms with Gasteiger partial charge in [-0.15, -0.1) is 11.3 Å². The molecule has 3 rings (SSSR count). The van der Waals surface area contributed by atoms with Crippen molar-refractivity contribution in [3.63, 3.8) is 0 Å². The molecule has 0 radical (unpaired) electrons. The molecule has 1 aliphatic heterocycles. The van der Waals surface area contributed by atoms with Gasteiger partial charge in [0.05, 0.1) is 22.5 Å². The number of amides is 1. The molecule has 24 heavy (non-hydrogen) atoms. The van der Waals surface area contributed by atoms with E-state index in [4.69, 9.17) is 0 Å². The van der Waals surface area contributed by atoms with Crippen LogP contribution in [0.1, 0.15) is 33.0 Å². The predicted molar refractivity (Wildman–Crippen MR) is 95.1 cm³/mol. The maximum absolute atomic E-state index is 12.7. The summed E-state index contributed by atoms with van der Waals surface area (Å²) in [5.41, 5.74) is 4.57. The number of likely N-dealkylation sites (tertiary alicyclic amines) is 1. The molecule has 0 aromatic carbocycles. The number of hydrogen-bond acceptors (Lipinski definition) is 5. The van der Waals surface area contributed by atoms with Gasteiger partial charge in [0.15, 0.2) is 0 Å². The van der Waals surface area contributed by atoms with Gasteiger partial charge in [0.25, 0.3) is 5.91 Å². The molecule has 0 spiro atoms. The van der Waals surface area contributed by atoms with Gasteiger partial charge < -0.3 is 9.80 Å². The van der Waals surface area contributed by atoms with E-state index in [9.17, 15) is 4.79 Å². The van der Waals surface area contributed by atoms with Crippen molar-refractivity contribution < 1.29 is 4.79 Å². The van der Waals surface area contributed by atoms with Crippen molar-refractivity contribution in [1.29, 1.82) is 0 Å². The monoisotopic (exact) mass is 347 g/mol. The molecule has 1 saturated heterocycles. The van der Waals surface area contributed by atoms with Crippen LogP contribution in [0.5, 0.6) is 0 Å². The summed E-state index contributed by atoms with van der Waals surface area (Å²) in [6, 6.07) is 0. The maximum Gasteiger partial charge on any atom is 0.257 e. The molecule has 0 saturated carbocycles. The fraction of sp³-hybridized carbons (Fsp3) is 0.588. The van der Waals surface area contributed by atoms with E-state index in [2.05, 4.69) is 29.0 Å². The first-order valence-electron chi connectivity index (χ1n) is 8.31.